The molecule has 0 radical (unpaired) electrons. The molecule has 0 saturated carbocycles. The number of aryl methyl sites for hydroxylation is 3. The second-order valence-electron chi connectivity index (χ2n) is 7.55. The number of nitrogens with zero attached hydrogens (tertiary/aromatic N) is 3. The van der Waals surface area contributed by atoms with E-state index in [2.05, 4.69) is 10.1 Å². The van der Waals surface area contributed by atoms with Crippen molar-refractivity contribution in [1.82, 2.24) is 14.6 Å². The topological polar surface area (TPSA) is 70.5 Å². The first-order valence-electron chi connectivity index (χ1n) is 9.91. The van der Waals surface area contributed by atoms with Gasteiger partial charge in [0.15, 0.2) is 5.65 Å². The monoisotopic (exact) mass is 400 g/mol. The number of hydrogen-bond donors (Lipinski definition) is 1. The summed E-state index contributed by atoms with van der Waals surface area (Å²) in [7, 11) is 0. The van der Waals surface area contributed by atoms with Crippen LogP contribution in [-0.2, 0) is 17.8 Å². The number of aromatic nitrogens is 3. The van der Waals surface area contributed by atoms with Crippen LogP contribution in [0.15, 0.2) is 65.5 Å². The van der Waals surface area contributed by atoms with Crippen molar-refractivity contribution in [2.45, 2.75) is 33.7 Å². The molecule has 152 valence electrons. The highest BCUT2D eigenvalue weighted by molar-refractivity contribution is 5.95. The van der Waals surface area contributed by atoms with Gasteiger partial charge in [0.05, 0.1) is 13.0 Å². The Morgan fingerprint density at radius 2 is 1.73 bits per heavy atom. The zero-order chi connectivity index (χ0) is 21.3. The molecular formula is C24H24N4O2. The lowest BCUT2D eigenvalue weighted by atomic mass is 10.1. The number of benzene rings is 2. The lowest BCUT2D eigenvalue weighted by molar-refractivity contribution is -0.118. The molecule has 0 fully saturated rings. The number of hydrogen-bond acceptors (Lipinski definition) is 3. The first-order chi connectivity index (χ1) is 14.4. The SMILES string of the molecule is Cc1ccc(N(Cc2ccccc2)C(=O)Cc2c(C)nc3cc(=O)[nH]n3c2C)cc1. The van der Waals surface area contributed by atoms with E-state index in [9.17, 15) is 9.59 Å². The van der Waals surface area contributed by atoms with E-state index < -0.39 is 0 Å². The van der Waals surface area contributed by atoms with Crippen molar-refractivity contribution in [2.24, 2.45) is 0 Å². The van der Waals surface area contributed by atoms with Gasteiger partial charge in [-0.15, -0.1) is 0 Å². The fraction of sp³-hybridized carbons (Fsp3) is 0.208. The Kier molecular flexibility index (Phi) is 5.23. The summed E-state index contributed by atoms with van der Waals surface area (Å²) >= 11 is 0. The number of anilines is 1. The molecule has 0 aliphatic heterocycles. The molecule has 1 N–H and O–H groups in total. The van der Waals surface area contributed by atoms with E-state index in [0.29, 0.717) is 12.2 Å². The van der Waals surface area contributed by atoms with Crippen LogP contribution in [0, 0.1) is 20.8 Å². The number of carbonyl (C=O) groups excluding carboxylic acids is 1. The van der Waals surface area contributed by atoms with E-state index in [1.807, 2.05) is 75.4 Å². The minimum atomic E-state index is -0.209. The largest absolute Gasteiger partial charge is 0.308 e. The van der Waals surface area contributed by atoms with Crippen LogP contribution in [0.3, 0.4) is 0 Å². The van der Waals surface area contributed by atoms with E-state index in [-0.39, 0.29) is 17.9 Å². The van der Waals surface area contributed by atoms with Crippen molar-refractivity contribution in [2.75, 3.05) is 4.90 Å². The predicted molar refractivity (Wildman–Crippen MR) is 118 cm³/mol. The van der Waals surface area contributed by atoms with Gasteiger partial charge in [-0.05, 0) is 38.5 Å². The van der Waals surface area contributed by atoms with Crippen LogP contribution in [0.25, 0.3) is 5.65 Å². The summed E-state index contributed by atoms with van der Waals surface area (Å²) < 4.78 is 1.64. The van der Waals surface area contributed by atoms with Crippen molar-refractivity contribution in [3.05, 3.63) is 99.1 Å². The van der Waals surface area contributed by atoms with Gasteiger partial charge in [-0.3, -0.25) is 14.7 Å². The van der Waals surface area contributed by atoms with Crippen LogP contribution in [0.2, 0.25) is 0 Å². The van der Waals surface area contributed by atoms with E-state index in [1.54, 1.807) is 9.42 Å². The van der Waals surface area contributed by atoms with Crippen molar-refractivity contribution in [1.29, 1.82) is 0 Å². The molecule has 0 aliphatic rings. The fourth-order valence-electron chi connectivity index (χ4n) is 3.67. The maximum absolute atomic E-state index is 13.5. The van der Waals surface area contributed by atoms with Gasteiger partial charge in [0.1, 0.15) is 0 Å². The van der Waals surface area contributed by atoms with Crippen LogP contribution in [0.5, 0.6) is 0 Å². The third-order valence-electron chi connectivity index (χ3n) is 5.36. The van der Waals surface area contributed by atoms with Gasteiger partial charge < -0.3 is 4.90 Å². The number of aromatic amines is 1. The highest BCUT2D eigenvalue weighted by Gasteiger charge is 2.20. The molecule has 6 nitrogen and oxygen atoms in total. The fourth-order valence-corrected chi connectivity index (χ4v) is 3.67. The molecule has 0 aliphatic carbocycles. The molecule has 2 heterocycles. The molecule has 2 aromatic carbocycles. The van der Waals surface area contributed by atoms with Gasteiger partial charge in [-0.2, -0.15) is 0 Å². The van der Waals surface area contributed by atoms with E-state index >= 15 is 0 Å². The molecule has 4 aromatic rings. The van der Waals surface area contributed by atoms with Crippen LogP contribution in [0.4, 0.5) is 5.69 Å². The molecule has 0 saturated heterocycles. The molecule has 0 spiro atoms. The molecule has 4 rings (SSSR count). The Labute approximate surface area is 174 Å². The lowest BCUT2D eigenvalue weighted by Crippen LogP contribution is -2.32. The summed E-state index contributed by atoms with van der Waals surface area (Å²) in [6, 6.07) is 19.4. The van der Waals surface area contributed by atoms with Crippen molar-refractivity contribution >= 4 is 17.2 Å². The van der Waals surface area contributed by atoms with Crippen LogP contribution >= 0.6 is 0 Å². The smallest absolute Gasteiger partial charge is 0.266 e. The zero-order valence-corrected chi connectivity index (χ0v) is 17.3. The third kappa shape index (κ3) is 3.89. The summed E-state index contributed by atoms with van der Waals surface area (Å²) in [5.74, 6) is -0.0236. The predicted octanol–water partition coefficient (Wildman–Crippen LogP) is 3.72. The Morgan fingerprint density at radius 3 is 2.43 bits per heavy atom. The van der Waals surface area contributed by atoms with Gasteiger partial charge in [0, 0.05) is 28.7 Å². The molecular weight excluding hydrogens is 376 g/mol. The lowest BCUT2D eigenvalue weighted by Gasteiger charge is -2.24. The number of nitrogens with one attached hydrogen (secondary N) is 1. The molecule has 0 bridgehead atoms. The second kappa shape index (κ2) is 7.99. The number of amides is 1. The third-order valence-corrected chi connectivity index (χ3v) is 5.36. The molecule has 0 unspecified atom stereocenters. The first-order valence-corrected chi connectivity index (χ1v) is 9.91. The van der Waals surface area contributed by atoms with Crippen molar-refractivity contribution < 1.29 is 4.79 Å². The number of fused-ring (bicyclic) bond motifs is 1. The highest BCUT2D eigenvalue weighted by Crippen LogP contribution is 2.21. The molecule has 6 heteroatoms. The van der Waals surface area contributed by atoms with Crippen LogP contribution in [0.1, 0.15) is 28.1 Å². The molecule has 30 heavy (non-hydrogen) atoms. The first kappa shape index (κ1) is 19.6. The Bertz CT molecular complexity index is 1250. The van der Waals surface area contributed by atoms with Crippen LogP contribution < -0.4 is 10.5 Å². The van der Waals surface area contributed by atoms with E-state index in [0.717, 1.165) is 33.8 Å². The summed E-state index contributed by atoms with van der Waals surface area (Å²) in [6.07, 6.45) is 0.196. The average Bonchev–Trinajstić information content (AvgIpc) is 3.11. The van der Waals surface area contributed by atoms with E-state index in [1.165, 1.54) is 6.07 Å². The Hall–Kier alpha value is -3.67. The highest BCUT2D eigenvalue weighted by atomic mass is 16.2. The summed E-state index contributed by atoms with van der Waals surface area (Å²) in [5.41, 5.74) is 5.80. The van der Waals surface area contributed by atoms with Crippen molar-refractivity contribution in [3.8, 4) is 0 Å². The minimum absolute atomic E-state index is 0.0236. The van der Waals surface area contributed by atoms with Gasteiger partial charge in [-0.25, -0.2) is 9.50 Å². The maximum atomic E-state index is 13.5. The summed E-state index contributed by atoms with van der Waals surface area (Å²) in [6.45, 7) is 6.28. The molecule has 1 amide bonds. The number of H-pyrrole nitrogens is 1. The normalized spacial score (nSPS) is 11.0. The Balaban J connectivity index is 1.70. The minimum Gasteiger partial charge on any atom is -0.308 e. The van der Waals surface area contributed by atoms with Gasteiger partial charge >= 0.3 is 0 Å². The van der Waals surface area contributed by atoms with Gasteiger partial charge in [0.25, 0.3) is 5.56 Å². The van der Waals surface area contributed by atoms with E-state index in [4.69, 9.17) is 0 Å². The van der Waals surface area contributed by atoms with Crippen molar-refractivity contribution in [3.63, 3.8) is 0 Å². The van der Waals surface area contributed by atoms with Gasteiger partial charge in [-0.1, -0.05) is 48.0 Å². The average molecular weight is 400 g/mol. The quantitative estimate of drug-likeness (QED) is 0.555. The molecule has 0 atom stereocenters. The maximum Gasteiger partial charge on any atom is 0.266 e. The summed E-state index contributed by atoms with van der Waals surface area (Å²) in [4.78, 5) is 31.5. The standard InChI is InChI=1S/C24H24N4O2/c1-16-9-11-20(12-10-16)27(15-19-7-5-4-6-8-19)24(30)13-21-17(2)25-22-14-23(29)26-28(22)18(21)3/h4-12,14H,13,15H2,1-3H3,(H,26,29). The zero-order valence-electron chi connectivity index (χ0n) is 17.3. The second-order valence-corrected chi connectivity index (χ2v) is 7.55. The Morgan fingerprint density at radius 1 is 1.03 bits per heavy atom. The molecule has 2 aromatic heterocycles. The van der Waals surface area contributed by atoms with Gasteiger partial charge in [0.2, 0.25) is 5.91 Å². The number of rotatable bonds is 5. The summed E-state index contributed by atoms with van der Waals surface area (Å²) in [5, 5.41) is 2.75. The van der Waals surface area contributed by atoms with Crippen LogP contribution in [-0.4, -0.2) is 20.5 Å². The number of carbonyl (C=O) groups is 1.